The SMILES string of the molecule is CCN1CCC(N(C)C(C)CCc2ccc(O)cc2)CC1. The van der Waals surface area contributed by atoms with Crippen LogP contribution < -0.4 is 0 Å². The van der Waals surface area contributed by atoms with Crippen molar-refractivity contribution in [2.24, 2.45) is 0 Å². The van der Waals surface area contributed by atoms with Crippen molar-refractivity contribution in [2.45, 2.75) is 51.6 Å². The average Bonchev–Trinajstić information content (AvgIpc) is 2.53. The number of hydrogen-bond acceptors (Lipinski definition) is 3. The van der Waals surface area contributed by atoms with Gasteiger partial charge < -0.3 is 14.9 Å². The summed E-state index contributed by atoms with van der Waals surface area (Å²) in [7, 11) is 2.29. The molecular formula is C18H30N2O. The van der Waals surface area contributed by atoms with Crippen LogP contribution >= 0.6 is 0 Å². The van der Waals surface area contributed by atoms with E-state index in [4.69, 9.17) is 0 Å². The standard InChI is InChI=1S/C18H30N2O/c1-4-20-13-11-17(12-14-20)19(3)15(2)5-6-16-7-9-18(21)10-8-16/h7-10,15,17,21H,4-6,11-14H2,1-3H3. The van der Waals surface area contributed by atoms with Crippen LogP contribution in [-0.2, 0) is 6.42 Å². The van der Waals surface area contributed by atoms with Crippen molar-refractivity contribution in [2.75, 3.05) is 26.7 Å². The first kappa shape index (κ1) is 16.3. The minimum atomic E-state index is 0.353. The van der Waals surface area contributed by atoms with Crippen molar-refractivity contribution in [3.8, 4) is 5.75 Å². The Hall–Kier alpha value is -1.06. The molecule has 21 heavy (non-hydrogen) atoms. The summed E-state index contributed by atoms with van der Waals surface area (Å²) in [6.07, 6.45) is 4.86. The van der Waals surface area contributed by atoms with E-state index in [2.05, 4.69) is 30.7 Å². The molecule has 1 unspecified atom stereocenters. The molecule has 1 aliphatic heterocycles. The minimum Gasteiger partial charge on any atom is -0.508 e. The molecule has 3 heteroatoms. The Bertz CT molecular complexity index is 410. The zero-order valence-electron chi connectivity index (χ0n) is 13.8. The number of aromatic hydroxyl groups is 1. The van der Waals surface area contributed by atoms with Gasteiger partial charge in [0.25, 0.3) is 0 Å². The molecule has 0 aromatic heterocycles. The zero-order valence-corrected chi connectivity index (χ0v) is 13.8. The number of aryl methyl sites for hydroxylation is 1. The molecule has 3 nitrogen and oxygen atoms in total. The Balaban J connectivity index is 1.77. The Kier molecular flexibility index (Phi) is 6.07. The topological polar surface area (TPSA) is 26.7 Å². The number of benzene rings is 1. The lowest BCUT2D eigenvalue weighted by molar-refractivity contribution is 0.101. The van der Waals surface area contributed by atoms with Gasteiger partial charge in [-0.1, -0.05) is 19.1 Å². The lowest BCUT2D eigenvalue weighted by Gasteiger charge is -2.39. The third-order valence-electron chi connectivity index (χ3n) is 5.06. The summed E-state index contributed by atoms with van der Waals surface area (Å²) < 4.78 is 0. The lowest BCUT2D eigenvalue weighted by Crippen LogP contribution is -2.46. The van der Waals surface area contributed by atoms with Crippen molar-refractivity contribution in [1.82, 2.24) is 9.80 Å². The van der Waals surface area contributed by atoms with Gasteiger partial charge >= 0.3 is 0 Å². The molecule has 1 N–H and O–H groups in total. The monoisotopic (exact) mass is 290 g/mol. The molecular weight excluding hydrogens is 260 g/mol. The van der Waals surface area contributed by atoms with Crippen LogP contribution in [0.1, 0.15) is 38.7 Å². The van der Waals surface area contributed by atoms with E-state index in [0.717, 1.165) is 12.5 Å². The number of phenols is 1. The van der Waals surface area contributed by atoms with E-state index in [-0.39, 0.29) is 0 Å². The van der Waals surface area contributed by atoms with Gasteiger partial charge in [0.05, 0.1) is 0 Å². The van der Waals surface area contributed by atoms with Crippen molar-refractivity contribution >= 4 is 0 Å². The zero-order chi connectivity index (χ0) is 15.2. The molecule has 1 aliphatic rings. The summed E-state index contributed by atoms with van der Waals surface area (Å²) in [5.74, 6) is 0.353. The summed E-state index contributed by atoms with van der Waals surface area (Å²) in [5.41, 5.74) is 1.31. The summed E-state index contributed by atoms with van der Waals surface area (Å²) >= 11 is 0. The molecule has 0 radical (unpaired) electrons. The Morgan fingerprint density at radius 2 is 1.86 bits per heavy atom. The third-order valence-corrected chi connectivity index (χ3v) is 5.06. The lowest BCUT2D eigenvalue weighted by atomic mass is 9.99. The smallest absolute Gasteiger partial charge is 0.115 e. The van der Waals surface area contributed by atoms with Gasteiger partial charge in [-0.05, 0) is 77.0 Å². The summed E-state index contributed by atoms with van der Waals surface area (Å²) in [6, 6.07) is 8.97. The van der Waals surface area contributed by atoms with Crippen molar-refractivity contribution < 1.29 is 5.11 Å². The first-order chi connectivity index (χ1) is 10.1. The predicted molar refractivity (Wildman–Crippen MR) is 88.8 cm³/mol. The van der Waals surface area contributed by atoms with Crippen LogP contribution in [0.15, 0.2) is 24.3 Å². The molecule has 1 aromatic rings. The normalized spacial score (nSPS) is 19.0. The molecule has 1 saturated heterocycles. The van der Waals surface area contributed by atoms with E-state index in [1.165, 1.54) is 44.5 Å². The fourth-order valence-electron chi connectivity index (χ4n) is 3.24. The van der Waals surface area contributed by atoms with Crippen LogP contribution in [0.4, 0.5) is 0 Å². The van der Waals surface area contributed by atoms with E-state index in [1.807, 2.05) is 12.1 Å². The minimum absolute atomic E-state index is 0.353. The number of rotatable bonds is 6. The number of likely N-dealkylation sites (tertiary alicyclic amines) is 1. The maximum absolute atomic E-state index is 9.32. The fourth-order valence-corrected chi connectivity index (χ4v) is 3.24. The molecule has 0 aliphatic carbocycles. The highest BCUT2D eigenvalue weighted by Crippen LogP contribution is 2.20. The summed E-state index contributed by atoms with van der Waals surface area (Å²) in [6.45, 7) is 8.27. The van der Waals surface area contributed by atoms with E-state index in [1.54, 1.807) is 12.1 Å². The molecule has 0 bridgehead atoms. The maximum atomic E-state index is 9.32. The van der Waals surface area contributed by atoms with E-state index in [9.17, 15) is 5.11 Å². The largest absolute Gasteiger partial charge is 0.508 e. The van der Waals surface area contributed by atoms with Crippen LogP contribution in [0.5, 0.6) is 5.75 Å². The Morgan fingerprint density at radius 1 is 1.24 bits per heavy atom. The molecule has 0 amide bonds. The molecule has 118 valence electrons. The molecule has 1 aromatic carbocycles. The quantitative estimate of drug-likeness (QED) is 0.872. The highest BCUT2D eigenvalue weighted by molar-refractivity contribution is 5.25. The number of piperidine rings is 1. The maximum Gasteiger partial charge on any atom is 0.115 e. The van der Waals surface area contributed by atoms with Gasteiger partial charge in [0, 0.05) is 12.1 Å². The van der Waals surface area contributed by atoms with Gasteiger partial charge in [-0.3, -0.25) is 0 Å². The molecule has 2 rings (SSSR count). The molecule has 1 fully saturated rings. The first-order valence-electron chi connectivity index (χ1n) is 8.32. The van der Waals surface area contributed by atoms with Crippen LogP contribution in [0.3, 0.4) is 0 Å². The van der Waals surface area contributed by atoms with Gasteiger partial charge in [-0.2, -0.15) is 0 Å². The second-order valence-electron chi connectivity index (χ2n) is 6.39. The summed E-state index contributed by atoms with van der Waals surface area (Å²) in [5, 5.41) is 9.32. The van der Waals surface area contributed by atoms with Gasteiger partial charge in [0.2, 0.25) is 0 Å². The van der Waals surface area contributed by atoms with E-state index < -0.39 is 0 Å². The second kappa shape index (κ2) is 7.81. The molecule has 0 spiro atoms. The fraction of sp³-hybridized carbons (Fsp3) is 0.667. The highest BCUT2D eigenvalue weighted by Gasteiger charge is 2.24. The molecule has 1 heterocycles. The van der Waals surface area contributed by atoms with Crippen LogP contribution in [-0.4, -0.2) is 53.7 Å². The number of hydrogen-bond donors (Lipinski definition) is 1. The molecule has 0 saturated carbocycles. The van der Waals surface area contributed by atoms with Crippen LogP contribution in [0.25, 0.3) is 0 Å². The Labute approximate surface area is 129 Å². The van der Waals surface area contributed by atoms with E-state index in [0.29, 0.717) is 11.8 Å². The number of phenolic OH excluding ortho intramolecular Hbond substituents is 1. The van der Waals surface area contributed by atoms with Gasteiger partial charge in [0.15, 0.2) is 0 Å². The average molecular weight is 290 g/mol. The highest BCUT2D eigenvalue weighted by atomic mass is 16.3. The van der Waals surface area contributed by atoms with Crippen molar-refractivity contribution in [3.05, 3.63) is 29.8 Å². The van der Waals surface area contributed by atoms with Crippen LogP contribution in [0, 0.1) is 0 Å². The van der Waals surface area contributed by atoms with Gasteiger partial charge in [0.1, 0.15) is 5.75 Å². The van der Waals surface area contributed by atoms with Crippen molar-refractivity contribution in [1.29, 1.82) is 0 Å². The third kappa shape index (κ3) is 4.72. The van der Waals surface area contributed by atoms with Crippen LogP contribution in [0.2, 0.25) is 0 Å². The summed E-state index contributed by atoms with van der Waals surface area (Å²) in [4.78, 5) is 5.12. The first-order valence-corrected chi connectivity index (χ1v) is 8.32. The Morgan fingerprint density at radius 3 is 2.43 bits per heavy atom. The number of nitrogens with zero attached hydrogens (tertiary/aromatic N) is 2. The second-order valence-corrected chi connectivity index (χ2v) is 6.39. The predicted octanol–water partition coefficient (Wildman–Crippen LogP) is 3.13. The van der Waals surface area contributed by atoms with Gasteiger partial charge in [-0.25, -0.2) is 0 Å². The van der Waals surface area contributed by atoms with Gasteiger partial charge in [-0.15, -0.1) is 0 Å². The molecule has 1 atom stereocenters. The van der Waals surface area contributed by atoms with E-state index >= 15 is 0 Å². The van der Waals surface area contributed by atoms with Crippen molar-refractivity contribution in [3.63, 3.8) is 0 Å².